The van der Waals surface area contributed by atoms with Crippen LogP contribution in [0.3, 0.4) is 0 Å². The number of sulfonamides is 1. The van der Waals surface area contributed by atoms with Crippen molar-refractivity contribution in [1.29, 1.82) is 0 Å². The Labute approximate surface area is 459 Å². The summed E-state index contributed by atoms with van der Waals surface area (Å²) in [7, 11) is -4.71. The SMILES string of the molecule is CC(C)Oc1ccccc1[C@@H]1CN(c2ccccc2)CCN1C1CC2(CCN(c3ccc(C(=O)NS(=O)(=O)c4cc5c(c([N+](=O)[O-])c4)N[C@H](C4CCOCC4)CO5)c(N4c5cc6cc[nH]c6nc5O[C@H]5COCC[C@@H]54)c3)CC2)C1. The molecule has 8 heterocycles. The molecule has 4 aromatic carbocycles. The Morgan fingerprint density at radius 3 is 2.44 bits per heavy atom. The van der Waals surface area contributed by atoms with Crippen molar-refractivity contribution in [2.45, 2.75) is 100 Å². The summed E-state index contributed by atoms with van der Waals surface area (Å²) in [6.07, 6.45) is 7.74. The molecule has 0 bridgehead atoms. The maximum atomic E-state index is 14.9. The number of fused-ring (bicyclic) bond motifs is 4. The maximum Gasteiger partial charge on any atom is 0.297 e. The number of piperazine rings is 1. The zero-order valence-corrected chi connectivity index (χ0v) is 45.4. The minimum absolute atomic E-state index is 0.0269. The minimum Gasteiger partial charge on any atom is -0.491 e. The predicted octanol–water partition coefficient (Wildman–Crippen LogP) is 8.98. The number of piperidine rings is 1. The lowest BCUT2D eigenvalue weighted by Gasteiger charge is -2.58. The van der Waals surface area contributed by atoms with Gasteiger partial charge < -0.3 is 48.7 Å². The average Bonchev–Trinajstić information content (AvgIpc) is 4.13. The third-order valence-electron chi connectivity index (χ3n) is 17.6. The van der Waals surface area contributed by atoms with Crippen molar-refractivity contribution in [2.24, 2.45) is 11.3 Å². The molecule has 19 nitrogen and oxygen atoms in total. The fraction of sp³-hybridized carbons (Fsp3) is 0.458. The summed E-state index contributed by atoms with van der Waals surface area (Å²) >= 11 is 0. The molecule has 6 aliphatic heterocycles. The predicted molar refractivity (Wildman–Crippen MR) is 300 cm³/mol. The van der Waals surface area contributed by atoms with Gasteiger partial charge in [0.2, 0.25) is 5.88 Å². The molecular weight excluding hydrogens is 1030 g/mol. The second-order valence-corrected chi connectivity index (χ2v) is 24.4. The number of aromatic nitrogens is 2. The molecule has 7 aliphatic rings. The molecule has 4 atom stereocenters. The molecule has 1 spiro atoms. The van der Waals surface area contributed by atoms with Crippen molar-refractivity contribution in [3.05, 3.63) is 124 Å². The van der Waals surface area contributed by atoms with E-state index >= 15 is 0 Å². The van der Waals surface area contributed by atoms with Crippen LogP contribution in [0.4, 0.5) is 34.1 Å². The van der Waals surface area contributed by atoms with Gasteiger partial charge in [-0.1, -0.05) is 36.4 Å². The van der Waals surface area contributed by atoms with Crippen molar-refractivity contribution in [3.63, 3.8) is 0 Å². The minimum atomic E-state index is -4.71. The first-order chi connectivity index (χ1) is 38.4. The van der Waals surface area contributed by atoms with Crippen molar-refractivity contribution < 1.29 is 41.8 Å². The lowest BCUT2D eigenvalue weighted by molar-refractivity contribution is -0.384. The number of aromatic amines is 1. The Hall–Kier alpha value is -7.13. The first-order valence-corrected chi connectivity index (χ1v) is 29.4. The molecule has 20 heteroatoms. The fourth-order valence-electron chi connectivity index (χ4n) is 13.5. The standard InChI is InChI=1S/C59H67N9O10S/c1-37(2)77-52-11-7-6-10-44(52)51-34-65(40-8-4-3-5-9-40)23-24-66(51)42-32-59(33-42)18-21-64(22-19-59)41-12-13-45(48(29-41)67-47-17-27-75-36-54(47)78-58-50(67)28-39-14-20-60-56(39)62-58)57(69)63-79(72,73)43-30-49(68(70)71)55-53(31-43)76-35-46(61-55)38-15-25-74-26-16-38/h3-14,20,28-31,37-38,42,46-47,51,54,61H,15-19,21-27,32-36H2,1-2H3,(H,60,62)(H,63,69)/t46-,47-,51-,54-/m0/s1. The first kappa shape index (κ1) is 51.3. The third-order valence-corrected chi connectivity index (χ3v) is 19.0. The van der Waals surface area contributed by atoms with Crippen LogP contribution in [0.1, 0.15) is 80.8 Å². The van der Waals surface area contributed by atoms with Crippen LogP contribution >= 0.6 is 0 Å². The van der Waals surface area contributed by atoms with E-state index in [4.69, 9.17) is 28.7 Å². The summed E-state index contributed by atoms with van der Waals surface area (Å²) < 4.78 is 61.7. The summed E-state index contributed by atoms with van der Waals surface area (Å²) in [5, 5.41) is 16.7. The maximum absolute atomic E-state index is 14.9. The van der Waals surface area contributed by atoms with Crippen molar-refractivity contribution >= 4 is 61.1 Å². The zero-order valence-electron chi connectivity index (χ0n) is 44.6. The highest BCUT2D eigenvalue weighted by Crippen LogP contribution is 2.54. The number of carbonyl (C=O) groups excluding carboxylic acids is 1. The molecule has 3 N–H and O–H groups in total. The number of H-pyrrole nitrogens is 1. The van der Waals surface area contributed by atoms with Gasteiger partial charge in [-0.2, -0.15) is 4.98 Å². The van der Waals surface area contributed by atoms with Gasteiger partial charge in [-0.25, -0.2) is 13.1 Å². The zero-order chi connectivity index (χ0) is 54.0. The van der Waals surface area contributed by atoms with Gasteiger partial charge in [0.25, 0.3) is 21.6 Å². The number of amides is 1. The third kappa shape index (κ3) is 9.84. The van der Waals surface area contributed by atoms with E-state index in [0.29, 0.717) is 61.8 Å². The Morgan fingerprint density at radius 1 is 0.861 bits per heavy atom. The summed E-state index contributed by atoms with van der Waals surface area (Å²) in [6.45, 7) is 10.6. The van der Waals surface area contributed by atoms with Crippen LogP contribution in [0.25, 0.3) is 11.0 Å². The lowest BCUT2D eigenvalue weighted by atomic mass is 9.59. The van der Waals surface area contributed by atoms with Gasteiger partial charge >= 0.3 is 0 Å². The number of nitro benzene ring substituents is 1. The number of hydrogen-bond donors (Lipinski definition) is 3. The van der Waals surface area contributed by atoms with Crippen LogP contribution in [0.2, 0.25) is 0 Å². The van der Waals surface area contributed by atoms with E-state index in [-0.39, 0.29) is 59.2 Å². The molecular formula is C59H67N9O10S. The van der Waals surface area contributed by atoms with Crippen LogP contribution in [0, 0.1) is 21.4 Å². The molecule has 1 saturated carbocycles. The summed E-state index contributed by atoms with van der Waals surface area (Å²) in [6, 6.07) is 31.1. The molecule has 79 heavy (non-hydrogen) atoms. The number of nitrogens with one attached hydrogen (secondary N) is 3. The molecule has 13 rings (SSSR count). The van der Waals surface area contributed by atoms with E-state index in [0.717, 1.165) is 94.1 Å². The molecule has 1 aliphatic carbocycles. The van der Waals surface area contributed by atoms with E-state index in [1.807, 2.05) is 30.5 Å². The summed E-state index contributed by atoms with van der Waals surface area (Å²) in [4.78, 5) is 44.2. The number of rotatable bonds is 12. The monoisotopic (exact) mass is 1090 g/mol. The van der Waals surface area contributed by atoms with E-state index < -0.39 is 37.5 Å². The van der Waals surface area contributed by atoms with Crippen LogP contribution < -0.4 is 38.9 Å². The second-order valence-electron chi connectivity index (χ2n) is 22.7. The van der Waals surface area contributed by atoms with Crippen molar-refractivity contribution in [2.75, 3.05) is 85.8 Å². The van der Waals surface area contributed by atoms with Gasteiger partial charge in [0.1, 0.15) is 29.8 Å². The average molecular weight is 1090 g/mol. The van der Waals surface area contributed by atoms with Gasteiger partial charge in [-0.15, -0.1) is 0 Å². The number of anilines is 5. The van der Waals surface area contributed by atoms with Crippen LogP contribution in [-0.2, 0) is 19.5 Å². The lowest BCUT2D eigenvalue weighted by Crippen LogP contribution is -2.60. The van der Waals surface area contributed by atoms with Crippen LogP contribution in [0.5, 0.6) is 17.4 Å². The smallest absolute Gasteiger partial charge is 0.297 e. The number of pyridine rings is 1. The van der Waals surface area contributed by atoms with Gasteiger partial charge in [0.15, 0.2) is 11.4 Å². The van der Waals surface area contributed by atoms with E-state index in [1.54, 1.807) is 6.07 Å². The Morgan fingerprint density at radius 2 is 1.65 bits per heavy atom. The van der Waals surface area contributed by atoms with Crippen molar-refractivity contribution in [1.82, 2.24) is 19.6 Å². The van der Waals surface area contributed by atoms with Crippen LogP contribution in [-0.4, -0.2) is 130 Å². The Balaban J connectivity index is 0.784. The van der Waals surface area contributed by atoms with E-state index in [2.05, 4.69) is 103 Å². The van der Waals surface area contributed by atoms with Crippen LogP contribution in [0.15, 0.2) is 108 Å². The van der Waals surface area contributed by atoms with E-state index in [9.17, 15) is 23.3 Å². The molecule has 1 amide bonds. The molecule has 6 aromatic rings. The number of benzene rings is 4. The van der Waals surface area contributed by atoms with Crippen molar-refractivity contribution in [3.8, 4) is 17.4 Å². The molecule has 0 unspecified atom stereocenters. The highest BCUT2D eigenvalue weighted by molar-refractivity contribution is 7.90. The molecule has 0 radical (unpaired) electrons. The van der Waals surface area contributed by atoms with Gasteiger partial charge in [-0.05, 0) is 119 Å². The molecule has 414 valence electrons. The van der Waals surface area contributed by atoms with Gasteiger partial charge in [-0.3, -0.25) is 19.8 Å². The summed E-state index contributed by atoms with van der Waals surface area (Å²) in [5.41, 5.74) is 5.07. The molecule has 5 fully saturated rings. The number of para-hydroxylation sites is 2. The largest absolute Gasteiger partial charge is 0.491 e. The highest BCUT2D eigenvalue weighted by atomic mass is 32.2. The number of nitrogens with zero attached hydrogens (tertiary/aromatic N) is 6. The Kier molecular flexibility index (Phi) is 13.5. The normalized spacial score (nSPS) is 23.4. The number of ether oxygens (including phenoxy) is 5. The topological polar surface area (TPSA) is 206 Å². The van der Waals surface area contributed by atoms with E-state index in [1.165, 1.54) is 17.3 Å². The molecule has 4 saturated heterocycles. The summed E-state index contributed by atoms with van der Waals surface area (Å²) in [5.74, 6) is 0.604. The number of nitro groups is 1. The number of hydrogen-bond acceptors (Lipinski definition) is 16. The first-order valence-electron chi connectivity index (χ1n) is 28.0. The molecule has 2 aromatic heterocycles. The Bertz CT molecular complexity index is 3380. The highest BCUT2D eigenvalue weighted by Gasteiger charge is 2.51. The fourth-order valence-corrected chi connectivity index (χ4v) is 14.5. The van der Waals surface area contributed by atoms with Gasteiger partial charge in [0, 0.05) is 99.2 Å². The van der Waals surface area contributed by atoms with Gasteiger partial charge in [0.05, 0.1) is 51.9 Å². The number of carbonyl (C=O) groups is 1. The second kappa shape index (κ2) is 20.8. The quantitative estimate of drug-likeness (QED) is 0.0772.